The second-order valence-electron chi connectivity index (χ2n) is 4.12. The first-order valence-electron chi connectivity index (χ1n) is 6.39. The maximum Gasteiger partial charge on any atom is 0.338 e. The fraction of sp³-hybridized carbons (Fsp3) is 0.500. The molecule has 0 spiro atoms. The van der Waals surface area contributed by atoms with Gasteiger partial charge in [-0.05, 0) is 54.9 Å². The van der Waals surface area contributed by atoms with Crippen molar-refractivity contribution in [3.05, 3.63) is 28.2 Å². The Bertz CT molecular complexity index is 423. The van der Waals surface area contributed by atoms with E-state index in [2.05, 4.69) is 21.2 Å². The van der Waals surface area contributed by atoms with Crippen LogP contribution in [0.5, 0.6) is 0 Å². The van der Waals surface area contributed by atoms with E-state index < -0.39 is 0 Å². The molecule has 5 heteroatoms. The van der Waals surface area contributed by atoms with Gasteiger partial charge in [-0.15, -0.1) is 0 Å². The quantitative estimate of drug-likeness (QED) is 0.778. The molecule has 0 aliphatic carbocycles. The van der Waals surface area contributed by atoms with E-state index >= 15 is 0 Å². The lowest BCUT2D eigenvalue weighted by atomic mass is 10.2. The van der Waals surface area contributed by atoms with Crippen LogP contribution in [0.1, 0.15) is 31.1 Å². The molecule has 19 heavy (non-hydrogen) atoms. The van der Waals surface area contributed by atoms with Crippen LogP contribution in [0.3, 0.4) is 0 Å². The Morgan fingerprint density at radius 3 is 2.68 bits per heavy atom. The van der Waals surface area contributed by atoms with Gasteiger partial charge in [0.25, 0.3) is 0 Å². The minimum absolute atomic E-state index is 0.199. The molecule has 1 aromatic carbocycles. The molecule has 1 unspecified atom stereocenters. The van der Waals surface area contributed by atoms with Crippen LogP contribution in [-0.4, -0.2) is 31.8 Å². The average Bonchev–Trinajstić information content (AvgIpc) is 2.39. The predicted octanol–water partition coefficient (Wildman–Crippen LogP) is 3.46. The van der Waals surface area contributed by atoms with Gasteiger partial charge in [-0.2, -0.15) is 0 Å². The van der Waals surface area contributed by atoms with Crippen LogP contribution >= 0.6 is 15.9 Å². The molecule has 0 amide bonds. The summed E-state index contributed by atoms with van der Waals surface area (Å²) >= 11 is 3.45. The van der Waals surface area contributed by atoms with E-state index in [0.717, 1.165) is 10.2 Å². The van der Waals surface area contributed by atoms with Crippen LogP contribution in [0.4, 0.5) is 5.69 Å². The van der Waals surface area contributed by atoms with Gasteiger partial charge in [0.05, 0.1) is 18.8 Å². The number of halogens is 1. The number of rotatable bonds is 7. The fourth-order valence-electron chi connectivity index (χ4n) is 1.58. The van der Waals surface area contributed by atoms with E-state index in [4.69, 9.17) is 9.47 Å². The summed E-state index contributed by atoms with van der Waals surface area (Å²) in [5.41, 5.74) is 1.47. The lowest BCUT2D eigenvalue weighted by Crippen LogP contribution is -2.22. The van der Waals surface area contributed by atoms with Crippen LogP contribution in [-0.2, 0) is 9.47 Å². The monoisotopic (exact) mass is 329 g/mol. The third kappa shape index (κ3) is 5.20. The molecule has 0 fully saturated rings. The zero-order chi connectivity index (χ0) is 14.3. The minimum atomic E-state index is -0.308. The van der Waals surface area contributed by atoms with Gasteiger partial charge in [0, 0.05) is 22.8 Å². The number of carbonyl (C=O) groups excluding carboxylic acids is 1. The molecule has 1 rings (SSSR count). The van der Waals surface area contributed by atoms with Crippen molar-refractivity contribution < 1.29 is 14.3 Å². The molecule has 0 aliphatic rings. The van der Waals surface area contributed by atoms with Gasteiger partial charge < -0.3 is 14.8 Å². The topological polar surface area (TPSA) is 47.6 Å². The summed E-state index contributed by atoms with van der Waals surface area (Å²) in [5.74, 6) is -0.308. The second kappa shape index (κ2) is 8.17. The summed E-state index contributed by atoms with van der Waals surface area (Å²) < 4.78 is 11.1. The lowest BCUT2D eigenvalue weighted by molar-refractivity contribution is 0.0526. The van der Waals surface area contributed by atoms with E-state index in [1.54, 1.807) is 19.1 Å². The first kappa shape index (κ1) is 16.0. The van der Waals surface area contributed by atoms with E-state index in [1.165, 1.54) is 0 Å². The van der Waals surface area contributed by atoms with E-state index in [9.17, 15) is 4.79 Å². The average molecular weight is 330 g/mol. The van der Waals surface area contributed by atoms with Gasteiger partial charge in [-0.1, -0.05) is 0 Å². The molecule has 106 valence electrons. The standard InChI is InChI=1S/C14H20BrNO3/c1-4-18-9-10(3)16-13-7-6-11(8-12(13)15)14(17)19-5-2/h6-8,10,16H,4-5,9H2,1-3H3. The summed E-state index contributed by atoms with van der Waals surface area (Å²) in [6.45, 7) is 7.52. The third-order valence-corrected chi connectivity index (χ3v) is 3.11. The Morgan fingerprint density at radius 2 is 2.11 bits per heavy atom. The Labute approximate surface area is 122 Å². The first-order chi connectivity index (χ1) is 9.08. The molecule has 0 bridgehead atoms. The van der Waals surface area contributed by atoms with E-state index in [-0.39, 0.29) is 12.0 Å². The Balaban J connectivity index is 2.69. The molecule has 0 aliphatic heterocycles. The van der Waals surface area contributed by atoms with Gasteiger partial charge in [0.15, 0.2) is 0 Å². The van der Waals surface area contributed by atoms with Gasteiger partial charge in [0.1, 0.15) is 0 Å². The first-order valence-corrected chi connectivity index (χ1v) is 7.18. The summed E-state index contributed by atoms with van der Waals surface area (Å²) in [6.07, 6.45) is 0. The molecule has 1 atom stereocenters. The maximum atomic E-state index is 11.6. The Kier molecular flexibility index (Phi) is 6.87. The Hall–Kier alpha value is -1.07. The fourth-order valence-corrected chi connectivity index (χ4v) is 2.07. The molecule has 0 radical (unpaired) electrons. The number of nitrogens with one attached hydrogen (secondary N) is 1. The smallest absolute Gasteiger partial charge is 0.338 e. The number of anilines is 1. The number of benzene rings is 1. The third-order valence-electron chi connectivity index (χ3n) is 2.45. The maximum absolute atomic E-state index is 11.6. The van der Waals surface area contributed by atoms with Gasteiger partial charge in [-0.3, -0.25) is 0 Å². The van der Waals surface area contributed by atoms with Crippen molar-refractivity contribution >= 4 is 27.6 Å². The lowest BCUT2D eigenvalue weighted by Gasteiger charge is -2.16. The molecule has 0 saturated heterocycles. The van der Waals surface area contributed by atoms with Crippen LogP contribution in [0.15, 0.2) is 22.7 Å². The molecule has 0 aromatic heterocycles. The van der Waals surface area contributed by atoms with Crippen molar-refractivity contribution in [3.8, 4) is 0 Å². The highest BCUT2D eigenvalue weighted by molar-refractivity contribution is 9.10. The molecule has 1 N–H and O–H groups in total. The molecular weight excluding hydrogens is 310 g/mol. The summed E-state index contributed by atoms with van der Waals surface area (Å²) in [6, 6.07) is 5.56. The highest BCUT2D eigenvalue weighted by Crippen LogP contribution is 2.24. The highest BCUT2D eigenvalue weighted by Gasteiger charge is 2.10. The largest absolute Gasteiger partial charge is 0.462 e. The zero-order valence-corrected chi connectivity index (χ0v) is 13.1. The predicted molar refractivity (Wildman–Crippen MR) is 79.7 cm³/mol. The molecule has 0 heterocycles. The Morgan fingerprint density at radius 1 is 1.37 bits per heavy atom. The normalized spacial score (nSPS) is 12.0. The van der Waals surface area contributed by atoms with Crippen LogP contribution in [0, 0.1) is 0 Å². The molecule has 4 nitrogen and oxygen atoms in total. The van der Waals surface area contributed by atoms with Crippen LogP contribution in [0.25, 0.3) is 0 Å². The number of hydrogen-bond acceptors (Lipinski definition) is 4. The van der Waals surface area contributed by atoms with E-state index in [1.807, 2.05) is 19.9 Å². The van der Waals surface area contributed by atoms with Gasteiger partial charge in [0.2, 0.25) is 0 Å². The van der Waals surface area contributed by atoms with Crippen molar-refractivity contribution in [2.24, 2.45) is 0 Å². The van der Waals surface area contributed by atoms with Crippen molar-refractivity contribution in [2.45, 2.75) is 26.8 Å². The summed E-state index contributed by atoms with van der Waals surface area (Å²) in [5, 5.41) is 3.32. The summed E-state index contributed by atoms with van der Waals surface area (Å²) in [7, 11) is 0. The van der Waals surface area contributed by atoms with Crippen molar-refractivity contribution in [1.29, 1.82) is 0 Å². The van der Waals surface area contributed by atoms with Crippen molar-refractivity contribution in [3.63, 3.8) is 0 Å². The zero-order valence-electron chi connectivity index (χ0n) is 11.5. The van der Waals surface area contributed by atoms with Crippen LogP contribution < -0.4 is 5.32 Å². The highest BCUT2D eigenvalue weighted by atomic mass is 79.9. The van der Waals surface area contributed by atoms with E-state index in [0.29, 0.717) is 25.4 Å². The molecular formula is C14H20BrNO3. The van der Waals surface area contributed by atoms with Crippen LogP contribution in [0.2, 0.25) is 0 Å². The van der Waals surface area contributed by atoms with Crippen molar-refractivity contribution in [2.75, 3.05) is 25.1 Å². The number of carbonyl (C=O) groups is 1. The number of esters is 1. The SMILES string of the molecule is CCOCC(C)Nc1ccc(C(=O)OCC)cc1Br. The summed E-state index contributed by atoms with van der Waals surface area (Å²) in [4.78, 5) is 11.6. The van der Waals surface area contributed by atoms with Gasteiger partial charge in [-0.25, -0.2) is 4.79 Å². The molecule has 0 saturated carbocycles. The minimum Gasteiger partial charge on any atom is -0.462 e. The second-order valence-corrected chi connectivity index (χ2v) is 4.97. The number of hydrogen-bond donors (Lipinski definition) is 1. The van der Waals surface area contributed by atoms with Crippen molar-refractivity contribution in [1.82, 2.24) is 0 Å². The van der Waals surface area contributed by atoms with Gasteiger partial charge >= 0.3 is 5.97 Å². The molecule has 1 aromatic rings. The number of ether oxygens (including phenoxy) is 2.